The van der Waals surface area contributed by atoms with Gasteiger partial charge in [0.2, 0.25) is 5.82 Å². The molecule has 9 nitrogen and oxygen atoms in total. The summed E-state index contributed by atoms with van der Waals surface area (Å²) in [6, 6.07) is 2.12. The van der Waals surface area contributed by atoms with E-state index in [1.54, 1.807) is 0 Å². The highest BCUT2D eigenvalue weighted by atomic mass is 16.6. The molecule has 1 fully saturated rings. The van der Waals surface area contributed by atoms with Crippen molar-refractivity contribution in [2.45, 2.75) is 12.0 Å². The van der Waals surface area contributed by atoms with Crippen LogP contribution in [0.3, 0.4) is 0 Å². The number of carboxylic acid groups (broad SMARTS) is 1. The van der Waals surface area contributed by atoms with E-state index in [9.17, 15) is 20.0 Å². The van der Waals surface area contributed by atoms with Gasteiger partial charge in [-0.2, -0.15) is 0 Å². The lowest BCUT2D eigenvalue weighted by Gasteiger charge is -2.20. The Bertz CT molecular complexity index is 541. The van der Waals surface area contributed by atoms with Crippen molar-refractivity contribution >= 4 is 17.5 Å². The summed E-state index contributed by atoms with van der Waals surface area (Å²) in [5.74, 6) is -1.47. The molecule has 3 N–H and O–H groups in total. The Morgan fingerprint density at radius 1 is 1.60 bits per heavy atom. The van der Waals surface area contributed by atoms with E-state index in [0.29, 0.717) is 13.0 Å². The van der Waals surface area contributed by atoms with Crippen molar-refractivity contribution in [2.24, 2.45) is 0 Å². The van der Waals surface area contributed by atoms with Gasteiger partial charge in [0.15, 0.2) is 5.69 Å². The van der Waals surface area contributed by atoms with Crippen LogP contribution in [0.25, 0.3) is 0 Å². The minimum atomic E-state index is -1.29. The van der Waals surface area contributed by atoms with Crippen LogP contribution in [-0.2, 0) is 4.74 Å². The van der Waals surface area contributed by atoms with Gasteiger partial charge in [-0.15, -0.1) is 0 Å². The van der Waals surface area contributed by atoms with Gasteiger partial charge in [-0.05, 0) is 6.07 Å². The number of aromatic carboxylic acids is 1. The van der Waals surface area contributed by atoms with E-state index in [2.05, 4.69) is 10.3 Å². The average Bonchev–Trinajstić information content (AvgIpc) is 2.83. The maximum absolute atomic E-state index is 10.9. The van der Waals surface area contributed by atoms with Crippen molar-refractivity contribution in [1.29, 1.82) is 0 Å². The van der Waals surface area contributed by atoms with Gasteiger partial charge in [-0.1, -0.05) is 0 Å². The van der Waals surface area contributed by atoms with Crippen LogP contribution >= 0.6 is 0 Å². The molecular formula is C11H13N3O6. The number of ether oxygens (including phenoxy) is 1. The van der Waals surface area contributed by atoms with Crippen LogP contribution in [-0.4, -0.2) is 51.4 Å². The molecule has 0 amide bonds. The maximum Gasteiger partial charge on any atom is 0.354 e. The van der Waals surface area contributed by atoms with Crippen molar-refractivity contribution in [3.63, 3.8) is 0 Å². The lowest BCUT2D eigenvalue weighted by atomic mass is 10.0. The maximum atomic E-state index is 10.9. The third kappa shape index (κ3) is 3.00. The fraction of sp³-hybridized carbons (Fsp3) is 0.455. The SMILES string of the molecule is O=C(O)c1ccc([N+](=O)[O-])c(NCC2(O)CCOC2)n1. The zero-order chi connectivity index (χ0) is 14.8. The second-order valence-electron chi connectivity index (χ2n) is 4.51. The topological polar surface area (TPSA) is 135 Å². The van der Waals surface area contributed by atoms with Crippen LogP contribution in [0.5, 0.6) is 0 Å². The van der Waals surface area contributed by atoms with Crippen molar-refractivity contribution in [3.05, 3.63) is 27.9 Å². The van der Waals surface area contributed by atoms with E-state index in [0.717, 1.165) is 12.1 Å². The number of anilines is 1. The zero-order valence-corrected chi connectivity index (χ0v) is 10.4. The van der Waals surface area contributed by atoms with Crippen molar-refractivity contribution < 1.29 is 24.7 Å². The summed E-state index contributed by atoms with van der Waals surface area (Å²) in [6.07, 6.45) is 0.395. The zero-order valence-electron chi connectivity index (χ0n) is 10.4. The van der Waals surface area contributed by atoms with Gasteiger partial charge in [-0.3, -0.25) is 10.1 Å². The molecule has 1 atom stereocenters. The van der Waals surface area contributed by atoms with E-state index in [4.69, 9.17) is 9.84 Å². The highest BCUT2D eigenvalue weighted by Crippen LogP contribution is 2.24. The van der Waals surface area contributed by atoms with Crippen LogP contribution < -0.4 is 5.32 Å². The predicted molar refractivity (Wildman–Crippen MR) is 66.7 cm³/mol. The van der Waals surface area contributed by atoms with Crippen molar-refractivity contribution in [3.8, 4) is 0 Å². The number of carbonyl (C=O) groups is 1. The number of nitro groups is 1. The third-order valence-electron chi connectivity index (χ3n) is 2.96. The molecule has 9 heteroatoms. The number of nitrogens with one attached hydrogen (secondary N) is 1. The molecule has 2 heterocycles. The molecule has 1 aromatic heterocycles. The molecular weight excluding hydrogens is 270 g/mol. The van der Waals surface area contributed by atoms with E-state index in [1.807, 2.05) is 0 Å². The van der Waals surface area contributed by atoms with Crippen LogP contribution in [0, 0.1) is 10.1 Å². The van der Waals surface area contributed by atoms with Gasteiger partial charge < -0.3 is 20.3 Å². The summed E-state index contributed by atoms with van der Waals surface area (Å²) in [5, 5.41) is 32.4. The number of nitrogens with zero attached hydrogens (tertiary/aromatic N) is 2. The molecule has 0 aromatic carbocycles. The van der Waals surface area contributed by atoms with E-state index in [1.165, 1.54) is 0 Å². The standard InChI is InChI=1S/C11H13N3O6/c15-10(16)7-1-2-8(14(18)19)9(13-7)12-5-11(17)3-4-20-6-11/h1-2,17H,3-6H2,(H,12,13)(H,15,16). The molecule has 1 unspecified atom stereocenters. The van der Waals surface area contributed by atoms with Gasteiger partial charge >= 0.3 is 11.7 Å². The van der Waals surface area contributed by atoms with Crippen molar-refractivity contribution in [2.75, 3.05) is 25.1 Å². The number of aromatic nitrogens is 1. The summed E-state index contributed by atoms with van der Waals surface area (Å²) in [6.45, 7) is 0.513. The lowest BCUT2D eigenvalue weighted by molar-refractivity contribution is -0.384. The van der Waals surface area contributed by atoms with Crippen molar-refractivity contribution in [1.82, 2.24) is 4.98 Å². The van der Waals surface area contributed by atoms with Gasteiger partial charge in [0.25, 0.3) is 0 Å². The molecule has 1 aliphatic heterocycles. The normalized spacial score (nSPS) is 21.6. The first-order valence-electron chi connectivity index (χ1n) is 5.84. The monoisotopic (exact) mass is 283 g/mol. The Labute approximate surface area is 113 Å². The fourth-order valence-corrected chi connectivity index (χ4v) is 1.83. The van der Waals surface area contributed by atoms with Gasteiger partial charge in [0, 0.05) is 25.6 Å². The number of carboxylic acids is 1. The Morgan fingerprint density at radius 3 is 2.90 bits per heavy atom. The molecule has 0 saturated carbocycles. The predicted octanol–water partition coefficient (Wildman–Crippen LogP) is 0.251. The van der Waals surface area contributed by atoms with Gasteiger partial charge in [-0.25, -0.2) is 9.78 Å². The second-order valence-corrected chi connectivity index (χ2v) is 4.51. The van der Waals surface area contributed by atoms with Crippen LogP contribution in [0.2, 0.25) is 0 Å². The number of hydrogen-bond donors (Lipinski definition) is 3. The molecule has 0 spiro atoms. The molecule has 2 rings (SSSR count). The lowest BCUT2D eigenvalue weighted by Crippen LogP contribution is -2.37. The highest BCUT2D eigenvalue weighted by molar-refractivity contribution is 5.86. The molecule has 0 aliphatic carbocycles. The molecule has 1 aliphatic rings. The van der Waals surface area contributed by atoms with E-state index < -0.39 is 16.5 Å². The van der Waals surface area contributed by atoms with E-state index in [-0.39, 0.29) is 30.4 Å². The second kappa shape index (κ2) is 5.39. The van der Waals surface area contributed by atoms with Gasteiger partial charge in [0.05, 0.1) is 11.5 Å². The molecule has 20 heavy (non-hydrogen) atoms. The summed E-state index contributed by atoms with van der Waals surface area (Å²) in [7, 11) is 0. The Balaban J connectivity index is 2.21. The number of hydrogen-bond acceptors (Lipinski definition) is 7. The van der Waals surface area contributed by atoms with Crippen LogP contribution in [0.1, 0.15) is 16.9 Å². The first kappa shape index (κ1) is 14.2. The Kier molecular flexibility index (Phi) is 3.81. The minimum Gasteiger partial charge on any atom is -0.477 e. The summed E-state index contributed by atoms with van der Waals surface area (Å²) >= 11 is 0. The Hall–Kier alpha value is -2.26. The molecule has 1 aromatic rings. The first-order valence-corrected chi connectivity index (χ1v) is 5.84. The van der Waals surface area contributed by atoms with Crippen LogP contribution in [0.4, 0.5) is 11.5 Å². The average molecular weight is 283 g/mol. The Morgan fingerprint density at radius 2 is 2.35 bits per heavy atom. The van der Waals surface area contributed by atoms with E-state index >= 15 is 0 Å². The molecule has 0 radical (unpaired) electrons. The summed E-state index contributed by atoms with van der Waals surface area (Å²) in [4.78, 5) is 24.7. The van der Waals surface area contributed by atoms with Crippen LogP contribution in [0.15, 0.2) is 12.1 Å². The minimum absolute atomic E-state index is 0.0100. The summed E-state index contributed by atoms with van der Waals surface area (Å²) < 4.78 is 5.05. The number of rotatable bonds is 5. The third-order valence-corrected chi connectivity index (χ3v) is 2.96. The largest absolute Gasteiger partial charge is 0.477 e. The fourth-order valence-electron chi connectivity index (χ4n) is 1.83. The smallest absolute Gasteiger partial charge is 0.354 e. The molecule has 108 valence electrons. The molecule has 1 saturated heterocycles. The summed E-state index contributed by atoms with van der Waals surface area (Å²) in [5.41, 5.74) is -1.79. The number of aliphatic hydroxyl groups is 1. The van der Waals surface area contributed by atoms with Gasteiger partial charge in [0.1, 0.15) is 5.60 Å². The molecule has 0 bridgehead atoms. The quantitative estimate of drug-likeness (QED) is 0.517. The number of pyridine rings is 1. The first-order chi connectivity index (χ1) is 9.41. The highest BCUT2D eigenvalue weighted by Gasteiger charge is 2.33.